The van der Waals surface area contributed by atoms with Gasteiger partial charge in [0.05, 0.1) is 18.2 Å². The second kappa shape index (κ2) is 12.9. The van der Waals surface area contributed by atoms with Crippen LogP contribution in [-0.4, -0.2) is 99.3 Å². The predicted octanol–water partition coefficient (Wildman–Crippen LogP) is -3.83. The van der Waals surface area contributed by atoms with E-state index in [-0.39, 0.29) is 31.9 Å². The predicted molar refractivity (Wildman–Crippen MR) is 117 cm³/mol. The Morgan fingerprint density at radius 3 is 2.15 bits per heavy atom. The Labute approximate surface area is 191 Å². The highest BCUT2D eigenvalue weighted by Gasteiger charge is 2.40. The van der Waals surface area contributed by atoms with E-state index in [4.69, 9.17) is 17.2 Å². The van der Waals surface area contributed by atoms with Crippen molar-refractivity contribution in [3.8, 4) is 0 Å². The van der Waals surface area contributed by atoms with Crippen molar-refractivity contribution in [1.82, 2.24) is 15.5 Å². The van der Waals surface area contributed by atoms with E-state index in [0.29, 0.717) is 12.8 Å². The third kappa shape index (κ3) is 8.47. The van der Waals surface area contributed by atoms with Crippen LogP contribution < -0.4 is 27.8 Å². The molecule has 0 spiro atoms. The molecule has 188 valence electrons. The molecular weight excluding hydrogens is 438 g/mol. The lowest BCUT2D eigenvalue weighted by molar-refractivity contribution is -0.151. The molecule has 1 heterocycles. The van der Waals surface area contributed by atoms with Crippen LogP contribution in [-0.2, 0) is 19.2 Å². The van der Waals surface area contributed by atoms with E-state index in [1.54, 1.807) is 0 Å². The van der Waals surface area contributed by atoms with Crippen LogP contribution >= 0.6 is 0 Å². The molecule has 14 heteroatoms. The fourth-order valence-electron chi connectivity index (χ4n) is 3.41. The number of aliphatic imine (C=N–C) groups is 1. The number of guanidine groups is 1. The number of carboxylic acids is 1. The molecule has 6 atom stereocenters. The number of amides is 3. The van der Waals surface area contributed by atoms with E-state index in [0.717, 1.165) is 4.90 Å². The Morgan fingerprint density at radius 1 is 1.06 bits per heavy atom. The minimum Gasteiger partial charge on any atom is -0.480 e. The molecule has 3 amide bonds. The first-order valence-corrected chi connectivity index (χ1v) is 10.7. The molecule has 6 unspecified atom stereocenters. The number of carbonyl (C=O) groups is 4. The van der Waals surface area contributed by atoms with Gasteiger partial charge in [-0.05, 0) is 39.5 Å². The van der Waals surface area contributed by atoms with Crippen LogP contribution in [0.1, 0.15) is 39.5 Å². The van der Waals surface area contributed by atoms with Gasteiger partial charge in [0, 0.05) is 13.1 Å². The molecule has 1 aliphatic heterocycles. The lowest BCUT2D eigenvalue weighted by Crippen LogP contribution is -2.61. The molecule has 1 rings (SSSR count). The van der Waals surface area contributed by atoms with Gasteiger partial charge < -0.3 is 48.1 Å². The lowest BCUT2D eigenvalue weighted by atomic mass is 10.1. The van der Waals surface area contributed by atoms with Gasteiger partial charge in [-0.25, -0.2) is 4.79 Å². The van der Waals surface area contributed by atoms with Crippen molar-refractivity contribution in [2.45, 2.75) is 75.9 Å². The summed E-state index contributed by atoms with van der Waals surface area (Å²) in [6, 6.07) is -5.00. The Hall–Kier alpha value is -2.97. The number of carbonyl (C=O) groups excluding carboxylic acids is 3. The minimum atomic E-state index is -1.47. The number of hydrogen-bond acceptors (Lipinski definition) is 8. The van der Waals surface area contributed by atoms with Crippen LogP contribution in [0.3, 0.4) is 0 Å². The summed E-state index contributed by atoms with van der Waals surface area (Å²) >= 11 is 0. The molecule has 1 aliphatic rings. The van der Waals surface area contributed by atoms with Crippen LogP contribution in [0, 0.1) is 0 Å². The molecule has 1 fully saturated rings. The molecule has 0 saturated carbocycles. The molecule has 11 N–H and O–H groups in total. The molecule has 0 bridgehead atoms. The smallest absolute Gasteiger partial charge is 0.326 e. The molecule has 33 heavy (non-hydrogen) atoms. The zero-order chi connectivity index (χ0) is 25.3. The zero-order valence-corrected chi connectivity index (χ0v) is 18.8. The molecular formula is C19H35N7O7. The first kappa shape index (κ1) is 28.1. The monoisotopic (exact) mass is 473 g/mol. The average Bonchev–Trinajstić information content (AvgIpc) is 3.22. The highest BCUT2D eigenvalue weighted by atomic mass is 16.4. The number of aliphatic carboxylic acids is 1. The summed E-state index contributed by atoms with van der Waals surface area (Å²) in [5, 5.41) is 34.0. The van der Waals surface area contributed by atoms with Crippen molar-refractivity contribution in [3.63, 3.8) is 0 Å². The number of aliphatic hydroxyl groups excluding tert-OH is 2. The Balaban J connectivity index is 2.82. The summed E-state index contributed by atoms with van der Waals surface area (Å²) in [5.41, 5.74) is 16.2. The summed E-state index contributed by atoms with van der Waals surface area (Å²) in [6.45, 7) is 2.95. The molecule has 0 aromatic heterocycles. The first-order valence-electron chi connectivity index (χ1n) is 10.7. The SMILES string of the molecule is CC(O)C(NC(=O)C(N)CCCN=C(N)N)C(=O)NC(C(=O)N1CCCC1C(=O)O)C(C)O. The third-order valence-corrected chi connectivity index (χ3v) is 5.23. The van der Waals surface area contributed by atoms with Crippen LogP contribution in [0.25, 0.3) is 0 Å². The molecule has 0 aliphatic carbocycles. The summed E-state index contributed by atoms with van der Waals surface area (Å²) in [7, 11) is 0. The molecule has 1 saturated heterocycles. The highest BCUT2D eigenvalue weighted by Crippen LogP contribution is 2.19. The normalized spacial score (nSPS) is 20.2. The van der Waals surface area contributed by atoms with E-state index in [1.165, 1.54) is 13.8 Å². The van der Waals surface area contributed by atoms with Gasteiger partial charge in [0.2, 0.25) is 17.7 Å². The van der Waals surface area contributed by atoms with E-state index in [9.17, 15) is 34.5 Å². The standard InChI is InChI=1S/C19H35N7O7/c1-9(27)13(24-15(29)11(20)5-3-7-23-19(21)22)16(30)25-14(10(2)28)17(31)26-8-4-6-12(26)18(32)33/h9-14,27-28H,3-8,20H2,1-2H3,(H,24,29)(H,25,30)(H,32,33)(H4,21,22,23). The average molecular weight is 474 g/mol. The molecule has 0 radical (unpaired) electrons. The summed E-state index contributed by atoms with van der Waals surface area (Å²) in [6.07, 6.45) is -1.38. The quantitative estimate of drug-likeness (QED) is 0.0779. The van der Waals surface area contributed by atoms with Crippen molar-refractivity contribution in [2.24, 2.45) is 22.2 Å². The zero-order valence-electron chi connectivity index (χ0n) is 18.8. The van der Waals surface area contributed by atoms with Gasteiger partial charge in [0.25, 0.3) is 0 Å². The Bertz CT molecular complexity index is 740. The van der Waals surface area contributed by atoms with E-state index >= 15 is 0 Å². The van der Waals surface area contributed by atoms with Crippen LogP contribution in [0.5, 0.6) is 0 Å². The number of hydrogen-bond donors (Lipinski definition) is 8. The van der Waals surface area contributed by atoms with Crippen molar-refractivity contribution < 1.29 is 34.5 Å². The van der Waals surface area contributed by atoms with Gasteiger partial charge in [-0.15, -0.1) is 0 Å². The second-order valence-corrected chi connectivity index (χ2v) is 8.04. The lowest BCUT2D eigenvalue weighted by Gasteiger charge is -2.30. The van der Waals surface area contributed by atoms with Gasteiger partial charge >= 0.3 is 5.97 Å². The number of nitrogens with zero attached hydrogens (tertiary/aromatic N) is 2. The molecule has 0 aromatic carbocycles. The molecule has 14 nitrogen and oxygen atoms in total. The maximum absolute atomic E-state index is 12.8. The summed E-state index contributed by atoms with van der Waals surface area (Å²) in [4.78, 5) is 54.2. The number of rotatable bonds is 12. The van der Waals surface area contributed by atoms with Crippen molar-refractivity contribution in [3.05, 3.63) is 0 Å². The Morgan fingerprint density at radius 2 is 1.64 bits per heavy atom. The van der Waals surface area contributed by atoms with Gasteiger partial charge in [-0.2, -0.15) is 0 Å². The fourth-order valence-corrected chi connectivity index (χ4v) is 3.41. The van der Waals surface area contributed by atoms with Crippen molar-refractivity contribution in [2.75, 3.05) is 13.1 Å². The minimum absolute atomic E-state index is 0.0929. The van der Waals surface area contributed by atoms with Crippen molar-refractivity contribution in [1.29, 1.82) is 0 Å². The topological polar surface area (TPSA) is 247 Å². The molecule has 0 aromatic rings. The van der Waals surface area contributed by atoms with Crippen LogP contribution in [0.4, 0.5) is 0 Å². The summed E-state index contributed by atoms with van der Waals surface area (Å²) < 4.78 is 0. The Kier molecular flexibility index (Phi) is 11.0. The van der Waals surface area contributed by atoms with Crippen LogP contribution in [0.15, 0.2) is 4.99 Å². The fraction of sp³-hybridized carbons (Fsp3) is 0.737. The third-order valence-electron chi connectivity index (χ3n) is 5.23. The van der Waals surface area contributed by atoms with Gasteiger partial charge in [0.1, 0.15) is 18.1 Å². The number of aliphatic hydroxyl groups is 2. The largest absolute Gasteiger partial charge is 0.480 e. The first-order chi connectivity index (χ1) is 15.4. The number of carboxylic acid groups (broad SMARTS) is 1. The summed E-state index contributed by atoms with van der Waals surface area (Å²) in [5.74, 6) is -3.69. The maximum Gasteiger partial charge on any atom is 0.326 e. The number of nitrogens with one attached hydrogen (secondary N) is 2. The van der Waals surface area contributed by atoms with Crippen LogP contribution in [0.2, 0.25) is 0 Å². The van der Waals surface area contributed by atoms with Crippen molar-refractivity contribution >= 4 is 29.7 Å². The maximum atomic E-state index is 12.8. The number of nitrogens with two attached hydrogens (primary N) is 3. The van der Waals surface area contributed by atoms with E-state index in [1.807, 2.05) is 0 Å². The van der Waals surface area contributed by atoms with E-state index < -0.39 is 60.1 Å². The van der Waals surface area contributed by atoms with Gasteiger partial charge in [0.15, 0.2) is 5.96 Å². The second-order valence-electron chi connectivity index (χ2n) is 8.04. The number of likely N-dealkylation sites (tertiary alicyclic amines) is 1. The van der Waals surface area contributed by atoms with Gasteiger partial charge in [-0.3, -0.25) is 19.4 Å². The highest BCUT2D eigenvalue weighted by molar-refractivity contribution is 5.94. The van der Waals surface area contributed by atoms with Gasteiger partial charge in [-0.1, -0.05) is 0 Å². The van der Waals surface area contributed by atoms with E-state index in [2.05, 4.69) is 15.6 Å².